The number of fused-ring (bicyclic) bond motifs is 1. The lowest BCUT2D eigenvalue weighted by Gasteiger charge is -2.40. The molecule has 1 saturated heterocycles. The van der Waals surface area contributed by atoms with Crippen LogP contribution < -0.4 is 5.43 Å². The lowest BCUT2D eigenvalue weighted by molar-refractivity contribution is -0.138. The van der Waals surface area contributed by atoms with Gasteiger partial charge in [-0.1, -0.05) is 60.7 Å². The highest BCUT2D eigenvalue weighted by atomic mass is 16.5. The fourth-order valence-electron chi connectivity index (χ4n) is 3.90. The van der Waals surface area contributed by atoms with E-state index in [1.165, 1.54) is 7.05 Å². The molecule has 4 atom stereocenters. The van der Waals surface area contributed by atoms with Gasteiger partial charge in [0.2, 0.25) is 11.8 Å². The predicted octanol–water partition coefficient (Wildman–Crippen LogP) is 1.81. The first kappa shape index (κ1) is 20.3. The zero-order valence-electron chi connectivity index (χ0n) is 16.7. The van der Waals surface area contributed by atoms with E-state index >= 15 is 0 Å². The van der Waals surface area contributed by atoms with Crippen LogP contribution in [0, 0.1) is 5.92 Å². The maximum absolute atomic E-state index is 12.8. The van der Waals surface area contributed by atoms with Crippen molar-refractivity contribution in [2.45, 2.75) is 24.8 Å². The monoisotopic (exact) mass is 407 g/mol. The summed E-state index contributed by atoms with van der Waals surface area (Å²) in [7, 11) is 1.49. The number of amides is 2. The van der Waals surface area contributed by atoms with Crippen LogP contribution >= 0.6 is 0 Å². The number of benzene rings is 2. The minimum atomic E-state index is -0.893. The summed E-state index contributed by atoms with van der Waals surface area (Å²) in [4.78, 5) is 26.4. The lowest BCUT2D eigenvalue weighted by Crippen LogP contribution is -2.58. The van der Waals surface area contributed by atoms with E-state index in [-0.39, 0.29) is 18.4 Å². The minimum Gasteiger partial charge on any atom is -0.389 e. The van der Waals surface area contributed by atoms with E-state index in [1.807, 2.05) is 60.7 Å². The number of likely N-dealkylation sites (tertiary alicyclic amines) is 1. The Balaban J connectivity index is 1.52. The molecule has 0 aromatic heterocycles. The van der Waals surface area contributed by atoms with Gasteiger partial charge in [-0.2, -0.15) is 0 Å². The zero-order valence-corrected chi connectivity index (χ0v) is 16.7. The summed E-state index contributed by atoms with van der Waals surface area (Å²) in [5, 5.41) is 12.6. The number of aliphatic hydroxyl groups is 1. The molecular weight excluding hydrogens is 382 g/mol. The Kier molecular flexibility index (Phi) is 5.94. The summed E-state index contributed by atoms with van der Waals surface area (Å²) >= 11 is 0. The van der Waals surface area contributed by atoms with E-state index in [4.69, 9.17) is 4.74 Å². The molecule has 2 aromatic carbocycles. The Morgan fingerprint density at radius 3 is 2.37 bits per heavy atom. The number of hydrogen-bond donors (Lipinski definition) is 2. The van der Waals surface area contributed by atoms with Crippen LogP contribution in [0.2, 0.25) is 0 Å². The zero-order chi connectivity index (χ0) is 21.1. The van der Waals surface area contributed by atoms with Gasteiger partial charge in [-0.3, -0.25) is 14.5 Å². The molecule has 2 N–H and O–H groups in total. The van der Waals surface area contributed by atoms with E-state index in [2.05, 4.69) is 5.43 Å². The Morgan fingerprint density at radius 2 is 1.67 bits per heavy atom. The Morgan fingerprint density at radius 1 is 1.00 bits per heavy atom. The molecule has 2 amide bonds. The molecule has 7 nitrogen and oxygen atoms in total. The maximum Gasteiger partial charge on any atom is 0.249 e. The number of aliphatic hydroxyl groups excluding tert-OH is 1. The van der Waals surface area contributed by atoms with E-state index in [1.54, 1.807) is 17.2 Å². The molecule has 2 aliphatic heterocycles. The number of nitrogens with zero attached hydrogens (tertiary/aromatic N) is 2. The summed E-state index contributed by atoms with van der Waals surface area (Å²) in [5.41, 5.74) is 5.01. The van der Waals surface area contributed by atoms with Gasteiger partial charge in [0, 0.05) is 12.7 Å². The van der Waals surface area contributed by atoms with Crippen molar-refractivity contribution in [3.05, 3.63) is 78.4 Å². The number of anilines is 1. The van der Waals surface area contributed by atoms with Crippen LogP contribution in [0.4, 0.5) is 5.69 Å². The Hall–Kier alpha value is -3.00. The average Bonchev–Trinajstić information content (AvgIpc) is 2.99. The van der Waals surface area contributed by atoms with E-state index in [0.29, 0.717) is 6.61 Å². The van der Waals surface area contributed by atoms with Crippen LogP contribution in [-0.4, -0.2) is 58.7 Å². The second kappa shape index (κ2) is 8.79. The number of rotatable bonds is 7. The molecule has 0 spiro atoms. The molecular formula is C23H25N3O4. The van der Waals surface area contributed by atoms with Gasteiger partial charge >= 0.3 is 0 Å². The van der Waals surface area contributed by atoms with Crippen molar-refractivity contribution in [1.29, 1.82) is 0 Å². The average molecular weight is 407 g/mol. The molecule has 2 heterocycles. The molecule has 0 aliphatic carbocycles. The summed E-state index contributed by atoms with van der Waals surface area (Å²) in [5.74, 6) is -1.11. The maximum atomic E-state index is 12.8. The predicted molar refractivity (Wildman–Crippen MR) is 112 cm³/mol. The summed E-state index contributed by atoms with van der Waals surface area (Å²) < 4.78 is 5.71. The molecule has 7 heteroatoms. The van der Waals surface area contributed by atoms with Crippen LogP contribution in [0.25, 0.3) is 0 Å². The molecule has 0 bridgehead atoms. The molecule has 2 aliphatic rings. The third-order valence-corrected chi connectivity index (χ3v) is 5.50. The van der Waals surface area contributed by atoms with Crippen LogP contribution in [0.3, 0.4) is 0 Å². The number of ether oxygens (including phenoxy) is 1. The second-order valence-corrected chi connectivity index (χ2v) is 7.53. The Labute approximate surface area is 175 Å². The first-order chi connectivity index (χ1) is 14.6. The number of carbonyl (C=O) groups excluding carboxylic acids is 2. The van der Waals surface area contributed by atoms with Gasteiger partial charge in [0.25, 0.3) is 0 Å². The first-order valence-corrected chi connectivity index (χ1v) is 9.96. The van der Waals surface area contributed by atoms with Gasteiger partial charge in [0.1, 0.15) is 6.04 Å². The standard InChI is InChI=1S/C23H25N3O4/c1-25-22(28)18-12-13-19(20(27)15-30-14-16-8-4-2-5-9-16)26(21(18)23(25)29)24-17-10-6-3-7-11-17/h2-13,18-21,24,27H,14-15H2,1H3. The highest BCUT2D eigenvalue weighted by Crippen LogP contribution is 2.32. The third kappa shape index (κ3) is 4.00. The molecule has 2 aromatic rings. The van der Waals surface area contributed by atoms with Gasteiger partial charge in [-0.25, -0.2) is 5.01 Å². The van der Waals surface area contributed by atoms with Crippen molar-refractivity contribution in [2.24, 2.45) is 5.92 Å². The number of hydrazine groups is 1. The van der Waals surface area contributed by atoms with Crippen LogP contribution in [0.1, 0.15) is 5.56 Å². The summed E-state index contributed by atoms with van der Waals surface area (Å²) in [6.45, 7) is 0.471. The number of carbonyl (C=O) groups is 2. The van der Waals surface area contributed by atoms with Gasteiger partial charge < -0.3 is 15.3 Å². The number of hydrogen-bond acceptors (Lipinski definition) is 6. The SMILES string of the molecule is CN1C(=O)C2C=CC(C(O)COCc3ccccc3)N(Nc3ccccc3)C2C1=O. The van der Waals surface area contributed by atoms with Crippen molar-refractivity contribution in [3.8, 4) is 0 Å². The molecule has 1 fully saturated rings. The minimum absolute atomic E-state index is 0.0895. The van der Waals surface area contributed by atoms with Gasteiger partial charge in [0.15, 0.2) is 0 Å². The summed E-state index contributed by atoms with van der Waals surface area (Å²) in [6, 6.07) is 17.8. The highest BCUT2D eigenvalue weighted by molar-refractivity contribution is 6.08. The van der Waals surface area contributed by atoms with Crippen molar-refractivity contribution < 1.29 is 19.4 Å². The molecule has 0 saturated carbocycles. The highest BCUT2D eigenvalue weighted by Gasteiger charge is 2.52. The molecule has 0 radical (unpaired) electrons. The normalized spacial score (nSPS) is 24.7. The number of likely N-dealkylation sites (N-methyl/N-ethyl adjacent to an activating group) is 1. The lowest BCUT2D eigenvalue weighted by atomic mass is 9.93. The Bertz CT molecular complexity index is 919. The van der Waals surface area contributed by atoms with Crippen LogP contribution in [0.15, 0.2) is 72.8 Å². The van der Waals surface area contributed by atoms with Crippen molar-refractivity contribution in [1.82, 2.24) is 9.91 Å². The van der Waals surface area contributed by atoms with Gasteiger partial charge in [-0.15, -0.1) is 0 Å². The van der Waals surface area contributed by atoms with Crippen LogP contribution in [-0.2, 0) is 20.9 Å². The first-order valence-electron chi connectivity index (χ1n) is 9.96. The van der Waals surface area contributed by atoms with Crippen molar-refractivity contribution in [2.75, 3.05) is 19.1 Å². The van der Waals surface area contributed by atoms with Gasteiger partial charge in [0.05, 0.1) is 31.3 Å². The third-order valence-electron chi connectivity index (χ3n) is 5.50. The fraction of sp³-hybridized carbons (Fsp3) is 0.304. The fourth-order valence-corrected chi connectivity index (χ4v) is 3.90. The second-order valence-electron chi connectivity index (χ2n) is 7.53. The quantitative estimate of drug-likeness (QED) is 0.538. The number of imide groups is 1. The topological polar surface area (TPSA) is 82.1 Å². The largest absolute Gasteiger partial charge is 0.389 e. The van der Waals surface area contributed by atoms with Gasteiger partial charge in [-0.05, 0) is 17.7 Å². The molecule has 156 valence electrons. The van der Waals surface area contributed by atoms with E-state index in [0.717, 1.165) is 16.2 Å². The number of para-hydroxylation sites is 1. The summed E-state index contributed by atoms with van der Waals surface area (Å²) in [6.07, 6.45) is 2.61. The molecule has 4 unspecified atom stereocenters. The molecule has 30 heavy (non-hydrogen) atoms. The van der Waals surface area contributed by atoms with E-state index in [9.17, 15) is 14.7 Å². The van der Waals surface area contributed by atoms with Crippen molar-refractivity contribution in [3.63, 3.8) is 0 Å². The molecule has 4 rings (SSSR count). The smallest absolute Gasteiger partial charge is 0.249 e. The van der Waals surface area contributed by atoms with Crippen LogP contribution in [0.5, 0.6) is 0 Å². The number of nitrogens with one attached hydrogen (secondary N) is 1. The van der Waals surface area contributed by atoms with Crippen molar-refractivity contribution >= 4 is 17.5 Å². The van der Waals surface area contributed by atoms with E-state index < -0.39 is 24.1 Å².